The molecule has 106 valence electrons. The number of hydrogen-bond acceptors (Lipinski definition) is 4. The molecular formula is C14H21NO4. The SMILES string of the molecule is COc1cc(C)ccc1OCCCC(C)(N)C(=O)O. The van der Waals surface area contributed by atoms with E-state index in [0.29, 0.717) is 30.9 Å². The van der Waals surface area contributed by atoms with Crippen LogP contribution in [-0.2, 0) is 4.79 Å². The molecule has 0 aliphatic rings. The van der Waals surface area contributed by atoms with Crippen LogP contribution in [0.4, 0.5) is 0 Å². The molecule has 1 rings (SSSR count). The Labute approximate surface area is 113 Å². The van der Waals surface area contributed by atoms with Crippen molar-refractivity contribution in [1.82, 2.24) is 0 Å². The molecule has 1 unspecified atom stereocenters. The summed E-state index contributed by atoms with van der Waals surface area (Å²) in [5.74, 6) is 0.330. The van der Waals surface area contributed by atoms with Gasteiger partial charge in [-0.3, -0.25) is 4.79 Å². The zero-order valence-corrected chi connectivity index (χ0v) is 11.6. The summed E-state index contributed by atoms with van der Waals surface area (Å²) < 4.78 is 10.8. The first-order valence-electron chi connectivity index (χ1n) is 6.16. The van der Waals surface area contributed by atoms with E-state index in [-0.39, 0.29) is 0 Å². The molecule has 0 amide bonds. The quantitative estimate of drug-likeness (QED) is 0.738. The van der Waals surface area contributed by atoms with Crippen molar-refractivity contribution in [3.63, 3.8) is 0 Å². The standard InChI is InChI=1S/C14H21NO4/c1-10-5-6-11(12(9-10)18-3)19-8-4-7-14(2,15)13(16)17/h5-6,9H,4,7-8,15H2,1-3H3,(H,16,17). The molecule has 5 nitrogen and oxygen atoms in total. The maximum atomic E-state index is 10.8. The van der Waals surface area contributed by atoms with Gasteiger partial charge in [0.2, 0.25) is 0 Å². The summed E-state index contributed by atoms with van der Waals surface area (Å²) in [5, 5.41) is 8.88. The van der Waals surface area contributed by atoms with Crippen molar-refractivity contribution < 1.29 is 19.4 Å². The highest BCUT2D eigenvalue weighted by atomic mass is 16.5. The van der Waals surface area contributed by atoms with Gasteiger partial charge in [-0.1, -0.05) is 6.07 Å². The van der Waals surface area contributed by atoms with Crippen molar-refractivity contribution in [2.45, 2.75) is 32.2 Å². The summed E-state index contributed by atoms with van der Waals surface area (Å²) in [6, 6.07) is 5.66. The van der Waals surface area contributed by atoms with E-state index in [1.165, 1.54) is 6.92 Å². The third-order valence-corrected chi connectivity index (χ3v) is 2.91. The third kappa shape index (κ3) is 4.44. The second kappa shape index (κ2) is 6.43. The zero-order valence-electron chi connectivity index (χ0n) is 11.6. The summed E-state index contributed by atoms with van der Waals surface area (Å²) in [4.78, 5) is 10.8. The number of aryl methyl sites for hydroxylation is 1. The highest BCUT2D eigenvalue weighted by Gasteiger charge is 2.26. The number of aliphatic carboxylic acids is 1. The summed E-state index contributed by atoms with van der Waals surface area (Å²) >= 11 is 0. The van der Waals surface area contributed by atoms with E-state index < -0.39 is 11.5 Å². The van der Waals surface area contributed by atoms with Crippen LogP contribution >= 0.6 is 0 Å². The number of ether oxygens (including phenoxy) is 2. The van der Waals surface area contributed by atoms with Gasteiger partial charge in [0.25, 0.3) is 0 Å². The number of benzene rings is 1. The molecule has 0 radical (unpaired) electrons. The summed E-state index contributed by atoms with van der Waals surface area (Å²) in [6.45, 7) is 3.88. The van der Waals surface area contributed by atoms with Gasteiger partial charge in [0.1, 0.15) is 5.54 Å². The van der Waals surface area contributed by atoms with Gasteiger partial charge >= 0.3 is 5.97 Å². The normalized spacial score (nSPS) is 13.7. The van der Waals surface area contributed by atoms with Crippen LogP contribution in [-0.4, -0.2) is 30.3 Å². The number of nitrogens with two attached hydrogens (primary N) is 1. The maximum Gasteiger partial charge on any atom is 0.323 e. The Morgan fingerprint density at radius 1 is 1.42 bits per heavy atom. The second-order valence-corrected chi connectivity index (χ2v) is 4.83. The van der Waals surface area contributed by atoms with Gasteiger partial charge in [0.05, 0.1) is 13.7 Å². The number of methoxy groups -OCH3 is 1. The Hall–Kier alpha value is -1.75. The van der Waals surface area contributed by atoms with E-state index in [2.05, 4.69) is 0 Å². The highest BCUT2D eigenvalue weighted by Crippen LogP contribution is 2.28. The molecule has 19 heavy (non-hydrogen) atoms. The lowest BCUT2D eigenvalue weighted by atomic mass is 9.98. The molecule has 0 fully saturated rings. The van der Waals surface area contributed by atoms with Crippen LogP contribution in [0.15, 0.2) is 18.2 Å². The van der Waals surface area contributed by atoms with Crippen LogP contribution in [0.2, 0.25) is 0 Å². The Kier molecular flexibility index (Phi) is 5.18. The van der Waals surface area contributed by atoms with Gasteiger partial charge < -0.3 is 20.3 Å². The minimum atomic E-state index is -1.21. The van der Waals surface area contributed by atoms with Crippen molar-refractivity contribution in [2.75, 3.05) is 13.7 Å². The van der Waals surface area contributed by atoms with Crippen molar-refractivity contribution in [3.05, 3.63) is 23.8 Å². The Morgan fingerprint density at radius 2 is 2.11 bits per heavy atom. The topological polar surface area (TPSA) is 81.8 Å². The Bertz CT molecular complexity index is 443. The van der Waals surface area contributed by atoms with Gasteiger partial charge in [-0.2, -0.15) is 0 Å². The van der Waals surface area contributed by atoms with Crippen LogP contribution in [0.1, 0.15) is 25.3 Å². The predicted octanol–water partition coefficient (Wildman–Crippen LogP) is 1.96. The number of carboxylic acid groups (broad SMARTS) is 1. The fourth-order valence-electron chi connectivity index (χ4n) is 1.62. The fourth-order valence-corrected chi connectivity index (χ4v) is 1.62. The minimum Gasteiger partial charge on any atom is -0.493 e. The van der Waals surface area contributed by atoms with Crippen LogP contribution in [0, 0.1) is 6.92 Å². The lowest BCUT2D eigenvalue weighted by Crippen LogP contribution is -2.44. The lowest BCUT2D eigenvalue weighted by molar-refractivity contribution is -0.142. The Balaban J connectivity index is 2.48. The van der Waals surface area contributed by atoms with Gasteiger partial charge in [0.15, 0.2) is 11.5 Å². The summed E-state index contributed by atoms with van der Waals surface area (Å²) in [7, 11) is 1.59. The predicted molar refractivity (Wildman–Crippen MR) is 72.7 cm³/mol. The summed E-state index contributed by atoms with van der Waals surface area (Å²) in [5.41, 5.74) is 5.52. The zero-order chi connectivity index (χ0) is 14.5. The van der Waals surface area contributed by atoms with Crippen LogP contribution in [0.25, 0.3) is 0 Å². The molecule has 0 aromatic heterocycles. The maximum absolute atomic E-state index is 10.8. The molecule has 0 spiro atoms. The largest absolute Gasteiger partial charge is 0.493 e. The first kappa shape index (κ1) is 15.3. The van der Waals surface area contributed by atoms with Crippen molar-refractivity contribution in [3.8, 4) is 11.5 Å². The van der Waals surface area contributed by atoms with E-state index >= 15 is 0 Å². The molecule has 1 atom stereocenters. The van der Waals surface area contributed by atoms with Gasteiger partial charge in [0, 0.05) is 0 Å². The molecular weight excluding hydrogens is 246 g/mol. The molecule has 0 aliphatic carbocycles. The molecule has 1 aromatic rings. The number of carboxylic acids is 1. The first-order chi connectivity index (χ1) is 8.86. The second-order valence-electron chi connectivity index (χ2n) is 4.83. The van der Waals surface area contributed by atoms with Gasteiger partial charge in [-0.15, -0.1) is 0 Å². The lowest BCUT2D eigenvalue weighted by Gasteiger charge is -2.19. The molecule has 1 aromatic carbocycles. The molecule has 0 saturated carbocycles. The molecule has 0 heterocycles. The van der Waals surface area contributed by atoms with E-state index in [1.807, 2.05) is 25.1 Å². The summed E-state index contributed by atoms with van der Waals surface area (Å²) in [6.07, 6.45) is 0.923. The number of hydrogen-bond donors (Lipinski definition) is 2. The fraction of sp³-hybridized carbons (Fsp3) is 0.500. The number of carbonyl (C=O) groups is 1. The van der Waals surface area contributed by atoms with Gasteiger partial charge in [-0.05, 0) is 44.4 Å². The van der Waals surface area contributed by atoms with Crippen LogP contribution in [0.5, 0.6) is 11.5 Å². The average Bonchev–Trinajstić information content (AvgIpc) is 2.35. The minimum absolute atomic E-state index is 0.358. The van der Waals surface area contributed by atoms with Crippen LogP contribution in [0.3, 0.4) is 0 Å². The van der Waals surface area contributed by atoms with E-state index in [9.17, 15) is 4.79 Å². The molecule has 0 aliphatic heterocycles. The average molecular weight is 267 g/mol. The molecule has 5 heteroatoms. The third-order valence-electron chi connectivity index (χ3n) is 2.91. The van der Waals surface area contributed by atoms with Crippen LogP contribution < -0.4 is 15.2 Å². The molecule has 0 saturated heterocycles. The smallest absolute Gasteiger partial charge is 0.323 e. The number of rotatable bonds is 7. The highest BCUT2D eigenvalue weighted by molar-refractivity contribution is 5.77. The molecule has 3 N–H and O–H groups in total. The van der Waals surface area contributed by atoms with E-state index in [0.717, 1.165) is 5.56 Å². The van der Waals surface area contributed by atoms with Crippen molar-refractivity contribution in [1.29, 1.82) is 0 Å². The monoisotopic (exact) mass is 267 g/mol. The van der Waals surface area contributed by atoms with E-state index in [4.69, 9.17) is 20.3 Å². The molecule has 0 bridgehead atoms. The van der Waals surface area contributed by atoms with Gasteiger partial charge in [-0.25, -0.2) is 0 Å². The van der Waals surface area contributed by atoms with E-state index in [1.54, 1.807) is 7.11 Å². The van der Waals surface area contributed by atoms with Crippen molar-refractivity contribution in [2.24, 2.45) is 5.73 Å². The Morgan fingerprint density at radius 3 is 2.68 bits per heavy atom. The first-order valence-corrected chi connectivity index (χ1v) is 6.16. The van der Waals surface area contributed by atoms with Crippen molar-refractivity contribution >= 4 is 5.97 Å².